The van der Waals surface area contributed by atoms with Gasteiger partial charge < -0.3 is 4.90 Å². The molecule has 118 valence electrons. The second kappa shape index (κ2) is 7.33. The van der Waals surface area contributed by atoms with E-state index in [9.17, 15) is 9.59 Å². The number of amides is 2. The number of carbonyl (C=O) groups excluding carboxylic acids is 2. The van der Waals surface area contributed by atoms with E-state index >= 15 is 0 Å². The molecule has 0 spiro atoms. The van der Waals surface area contributed by atoms with Crippen LogP contribution in [-0.2, 0) is 0 Å². The van der Waals surface area contributed by atoms with Crippen molar-refractivity contribution in [1.82, 2.24) is 9.62 Å². The molecule has 1 aliphatic heterocycles. The minimum atomic E-state index is -0.247. The third kappa shape index (κ3) is 3.93. The molecular formula is C18H18N2O2S. The van der Waals surface area contributed by atoms with Gasteiger partial charge >= 0.3 is 5.24 Å². The van der Waals surface area contributed by atoms with Gasteiger partial charge in [-0.15, -0.1) is 0 Å². The molecule has 1 fully saturated rings. The Hall–Kier alpha value is -2.27. The number of hydrogen-bond acceptors (Lipinski definition) is 3. The van der Waals surface area contributed by atoms with Crippen LogP contribution in [0.15, 0.2) is 60.7 Å². The molecule has 1 unspecified atom stereocenters. The molecular weight excluding hydrogens is 308 g/mol. The standard InChI is InChI=1S/C18H18N2O2S/c21-17(15-9-5-2-6-10-15)19-23-18(22)20-12-11-16(13-20)14-7-3-1-4-8-14/h1-10,16H,11-13H2,(H,19,21). The highest BCUT2D eigenvalue weighted by molar-refractivity contribution is 8.12. The zero-order chi connectivity index (χ0) is 16.1. The normalized spacial score (nSPS) is 17.0. The molecule has 23 heavy (non-hydrogen) atoms. The zero-order valence-electron chi connectivity index (χ0n) is 12.6. The van der Waals surface area contributed by atoms with Gasteiger partial charge in [-0.2, -0.15) is 0 Å². The third-order valence-corrected chi connectivity index (χ3v) is 4.70. The van der Waals surface area contributed by atoms with Crippen LogP contribution in [0.3, 0.4) is 0 Å². The van der Waals surface area contributed by atoms with Gasteiger partial charge in [-0.05, 0) is 24.1 Å². The van der Waals surface area contributed by atoms with Crippen LogP contribution in [0.2, 0.25) is 0 Å². The molecule has 3 rings (SSSR count). The highest BCUT2D eigenvalue weighted by atomic mass is 32.2. The van der Waals surface area contributed by atoms with Crippen molar-refractivity contribution in [2.24, 2.45) is 0 Å². The summed E-state index contributed by atoms with van der Waals surface area (Å²) in [5.41, 5.74) is 1.82. The van der Waals surface area contributed by atoms with Gasteiger partial charge in [0.15, 0.2) is 0 Å². The van der Waals surface area contributed by atoms with Crippen molar-refractivity contribution in [2.75, 3.05) is 13.1 Å². The lowest BCUT2D eigenvalue weighted by atomic mass is 9.99. The molecule has 0 aliphatic carbocycles. The van der Waals surface area contributed by atoms with Gasteiger partial charge in [-0.25, -0.2) is 0 Å². The topological polar surface area (TPSA) is 49.4 Å². The summed E-state index contributed by atoms with van der Waals surface area (Å²) in [7, 11) is 0. The number of rotatable bonds is 2. The molecule has 1 aliphatic rings. The molecule has 0 aromatic heterocycles. The van der Waals surface area contributed by atoms with E-state index in [-0.39, 0.29) is 11.1 Å². The average molecular weight is 326 g/mol. The largest absolute Gasteiger partial charge is 0.332 e. The van der Waals surface area contributed by atoms with E-state index < -0.39 is 0 Å². The smallest absolute Gasteiger partial charge is 0.302 e. The Morgan fingerprint density at radius 2 is 1.65 bits per heavy atom. The SMILES string of the molecule is O=C(NSC(=O)N1CCC(c2ccccc2)C1)c1ccccc1. The first-order valence-corrected chi connectivity index (χ1v) is 8.42. The van der Waals surface area contributed by atoms with Crippen LogP contribution < -0.4 is 4.72 Å². The quantitative estimate of drug-likeness (QED) is 0.857. The number of carbonyl (C=O) groups is 2. The molecule has 2 aromatic carbocycles. The number of nitrogens with one attached hydrogen (secondary N) is 1. The molecule has 1 heterocycles. The minimum absolute atomic E-state index is 0.104. The Bertz CT molecular complexity index is 676. The van der Waals surface area contributed by atoms with Gasteiger partial charge in [0.05, 0.1) is 11.9 Å². The fraction of sp³-hybridized carbons (Fsp3) is 0.222. The van der Waals surface area contributed by atoms with E-state index in [4.69, 9.17) is 0 Å². The molecule has 0 bridgehead atoms. The van der Waals surface area contributed by atoms with Crippen molar-refractivity contribution in [2.45, 2.75) is 12.3 Å². The van der Waals surface area contributed by atoms with Crippen molar-refractivity contribution >= 4 is 23.1 Å². The first-order valence-electron chi connectivity index (χ1n) is 7.60. The van der Waals surface area contributed by atoms with E-state index in [1.165, 1.54) is 5.56 Å². The molecule has 0 saturated carbocycles. The van der Waals surface area contributed by atoms with Crippen molar-refractivity contribution in [3.8, 4) is 0 Å². The summed E-state index contributed by atoms with van der Waals surface area (Å²) in [4.78, 5) is 26.0. The monoisotopic (exact) mass is 326 g/mol. The van der Waals surface area contributed by atoms with Gasteiger partial charge in [-0.1, -0.05) is 48.5 Å². The summed E-state index contributed by atoms with van der Waals surface area (Å²) < 4.78 is 2.62. The van der Waals surface area contributed by atoms with E-state index in [2.05, 4.69) is 16.9 Å². The Morgan fingerprint density at radius 1 is 1.00 bits per heavy atom. The van der Waals surface area contributed by atoms with Crippen LogP contribution in [0.4, 0.5) is 4.79 Å². The Labute approximate surface area is 140 Å². The van der Waals surface area contributed by atoms with Crippen molar-refractivity contribution in [3.63, 3.8) is 0 Å². The minimum Gasteiger partial charge on any atom is -0.332 e. The first kappa shape index (κ1) is 15.6. The van der Waals surface area contributed by atoms with E-state index in [1.807, 2.05) is 24.3 Å². The van der Waals surface area contributed by atoms with Crippen LogP contribution in [0.1, 0.15) is 28.3 Å². The number of hydrogen-bond donors (Lipinski definition) is 1. The second-order valence-corrected chi connectivity index (χ2v) is 6.26. The summed E-state index contributed by atoms with van der Waals surface area (Å²) >= 11 is 0.861. The van der Waals surface area contributed by atoms with Crippen LogP contribution in [0.5, 0.6) is 0 Å². The van der Waals surface area contributed by atoms with Gasteiger partial charge in [0.2, 0.25) is 0 Å². The summed E-state index contributed by atoms with van der Waals surface area (Å²) in [5, 5.41) is -0.104. The van der Waals surface area contributed by atoms with Crippen molar-refractivity contribution in [1.29, 1.82) is 0 Å². The number of nitrogens with zero attached hydrogens (tertiary/aromatic N) is 1. The van der Waals surface area contributed by atoms with Crippen LogP contribution >= 0.6 is 11.9 Å². The maximum Gasteiger partial charge on any atom is 0.302 e. The molecule has 4 nitrogen and oxygen atoms in total. The number of benzene rings is 2. The molecule has 1 N–H and O–H groups in total. The van der Waals surface area contributed by atoms with Gasteiger partial charge in [0, 0.05) is 24.6 Å². The van der Waals surface area contributed by atoms with E-state index in [1.54, 1.807) is 29.2 Å². The highest BCUT2D eigenvalue weighted by Crippen LogP contribution is 2.28. The maximum atomic E-state index is 12.2. The van der Waals surface area contributed by atoms with E-state index in [0.717, 1.165) is 24.9 Å². The highest BCUT2D eigenvalue weighted by Gasteiger charge is 2.27. The summed E-state index contributed by atoms with van der Waals surface area (Å²) in [5.74, 6) is 0.133. The Morgan fingerprint density at radius 3 is 2.35 bits per heavy atom. The molecule has 1 atom stereocenters. The van der Waals surface area contributed by atoms with Gasteiger partial charge in [0.1, 0.15) is 0 Å². The molecule has 1 saturated heterocycles. The lowest BCUT2D eigenvalue weighted by molar-refractivity contribution is 0.0984. The van der Waals surface area contributed by atoms with Crippen LogP contribution in [-0.4, -0.2) is 29.1 Å². The second-order valence-electron chi connectivity index (χ2n) is 5.51. The lowest BCUT2D eigenvalue weighted by Crippen LogP contribution is -2.28. The summed E-state index contributed by atoms with van der Waals surface area (Å²) in [6.07, 6.45) is 0.961. The van der Waals surface area contributed by atoms with Crippen molar-refractivity contribution < 1.29 is 9.59 Å². The van der Waals surface area contributed by atoms with Crippen LogP contribution in [0.25, 0.3) is 0 Å². The summed E-state index contributed by atoms with van der Waals surface area (Å²) in [6.45, 7) is 1.43. The molecule has 2 amide bonds. The Kier molecular flexibility index (Phi) is 4.98. The zero-order valence-corrected chi connectivity index (χ0v) is 13.5. The fourth-order valence-electron chi connectivity index (χ4n) is 2.73. The van der Waals surface area contributed by atoms with Gasteiger partial charge in [0.25, 0.3) is 5.91 Å². The predicted molar refractivity (Wildman–Crippen MR) is 92.3 cm³/mol. The first-order chi connectivity index (χ1) is 11.2. The van der Waals surface area contributed by atoms with E-state index in [0.29, 0.717) is 18.0 Å². The predicted octanol–water partition coefficient (Wildman–Crippen LogP) is 3.67. The molecule has 0 radical (unpaired) electrons. The summed E-state index contributed by atoms with van der Waals surface area (Å²) in [6, 6.07) is 19.1. The van der Waals surface area contributed by atoms with Crippen LogP contribution in [0, 0.1) is 0 Å². The molecule has 2 aromatic rings. The fourth-order valence-corrected chi connectivity index (χ4v) is 3.32. The average Bonchev–Trinajstić information content (AvgIpc) is 3.11. The third-order valence-electron chi connectivity index (χ3n) is 3.98. The molecule has 5 heteroatoms. The van der Waals surface area contributed by atoms with Crippen molar-refractivity contribution in [3.05, 3.63) is 71.8 Å². The van der Waals surface area contributed by atoms with Gasteiger partial charge in [-0.3, -0.25) is 14.3 Å². The maximum absolute atomic E-state index is 12.2. The Balaban J connectivity index is 1.51. The number of likely N-dealkylation sites (tertiary alicyclic amines) is 1. The lowest BCUT2D eigenvalue weighted by Gasteiger charge is -2.16.